The second kappa shape index (κ2) is 25.0. The summed E-state index contributed by atoms with van der Waals surface area (Å²) in [6.45, 7) is 19.9. The van der Waals surface area contributed by atoms with Crippen LogP contribution in [0.1, 0.15) is 124 Å². The van der Waals surface area contributed by atoms with E-state index >= 15 is 0 Å². The van der Waals surface area contributed by atoms with Crippen LogP contribution >= 0.6 is 27.5 Å². The third-order valence-electron chi connectivity index (χ3n) is 7.20. The second-order valence-corrected chi connectivity index (χ2v) is 15.1. The molecule has 0 bridgehead atoms. The maximum atomic E-state index is 12.4. The molecule has 0 fully saturated rings. The average molecular weight is 707 g/mol. The molecule has 0 aliphatic carbocycles. The zero-order valence-electron chi connectivity index (χ0n) is 28.6. The lowest BCUT2D eigenvalue weighted by Crippen LogP contribution is -2.50. The molecular formula is C34H61BrClN3O3S. The molecule has 1 aromatic carbocycles. The SMILES string of the molecule is CC(Br)C=N.CC/C=C(\C)C(C)c1ccc(Cl)cc1CCC.CCCCNC(=O)C(CC(C)CC)N(CCC)S(C)(=O)=O. The van der Waals surface area contributed by atoms with Crippen molar-refractivity contribution in [2.24, 2.45) is 5.92 Å². The molecule has 1 rings (SSSR count). The third kappa shape index (κ3) is 19.7. The van der Waals surface area contributed by atoms with Gasteiger partial charge in [0.2, 0.25) is 15.9 Å². The number of benzene rings is 1. The van der Waals surface area contributed by atoms with Crippen molar-refractivity contribution in [3.05, 3.63) is 46.0 Å². The van der Waals surface area contributed by atoms with Gasteiger partial charge >= 0.3 is 0 Å². The highest BCUT2D eigenvalue weighted by Crippen LogP contribution is 2.29. The summed E-state index contributed by atoms with van der Waals surface area (Å²) >= 11 is 9.21. The minimum Gasteiger partial charge on any atom is -0.355 e. The summed E-state index contributed by atoms with van der Waals surface area (Å²) in [5, 5.41) is 10.2. The molecule has 1 amide bonds. The van der Waals surface area contributed by atoms with Crippen LogP contribution in [-0.2, 0) is 21.2 Å². The first-order valence-corrected chi connectivity index (χ1v) is 19.1. The summed E-state index contributed by atoms with van der Waals surface area (Å²) in [7, 11) is -3.38. The van der Waals surface area contributed by atoms with Crippen molar-refractivity contribution in [2.45, 2.75) is 130 Å². The Balaban J connectivity index is 0. The number of amides is 1. The molecule has 0 aliphatic heterocycles. The van der Waals surface area contributed by atoms with E-state index in [0.29, 0.717) is 37.8 Å². The monoisotopic (exact) mass is 705 g/mol. The maximum absolute atomic E-state index is 12.4. The molecule has 1 aromatic rings. The van der Waals surface area contributed by atoms with E-state index in [1.165, 1.54) is 33.5 Å². The summed E-state index contributed by atoms with van der Waals surface area (Å²) in [4.78, 5) is 12.7. The molecule has 0 heterocycles. The minimum atomic E-state index is -3.38. The van der Waals surface area contributed by atoms with Crippen molar-refractivity contribution in [1.29, 1.82) is 5.41 Å². The quantitative estimate of drug-likeness (QED) is 0.0732. The van der Waals surface area contributed by atoms with Crippen LogP contribution < -0.4 is 5.32 Å². The fourth-order valence-corrected chi connectivity index (χ4v) is 5.76. The molecule has 0 aromatic heterocycles. The Morgan fingerprint density at radius 1 is 1.09 bits per heavy atom. The number of alkyl halides is 1. The van der Waals surface area contributed by atoms with Gasteiger partial charge in [0.1, 0.15) is 6.04 Å². The predicted molar refractivity (Wildman–Crippen MR) is 193 cm³/mol. The number of rotatable bonds is 17. The van der Waals surface area contributed by atoms with Gasteiger partial charge in [-0.25, -0.2) is 8.42 Å². The summed E-state index contributed by atoms with van der Waals surface area (Å²) < 4.78 is 25.4. The summed E-state index contributed by atoms with van der Waals surface area (Å²) in [6, 6.07) is 5.72. The number of allylic oxidation sites excluding steroid dienone is 2. The lowest BCUT2D eigenvalue weighted by Gasteiger charge is -2.30. The molecule has 250 valence electrons. The van der Waals surface area contributed by atoms with E-state index < -0.39 is 16.1 Å². The molecular weight excluding hydrogens is 646 g/mol. The van der Waals surface area contributed by atoms with E-state index in [9.17, 15) is 13.2 Å². The number of carbonyl (C=O) groups excluding carboxylic acids is 1. The predicted octanol–water partition coefficient (Wildman–Crippen LogP) is 9.55. The Morgan fingerprint density at radius 2 is 1.70 bits per heavy atom. The highest BCUT2D eigenvalue weighted by Gasteiger charge is 2.32. The van der Waals surface area contributed by atoms with Gasteiger partial charge in [0.05, 0.1) is 6.26 Å². The molecule has 0 radical (unpaired) electrons. The highest BCUT2D eigenvalue weighted by atomic mass is 79.9. The first-order valence-electron chi connectivity index (χ1n) is 16.0. The summed E-state index contributed by atoms with van der Waals surface area (Å²) in [5.74, 6) is 0.643. The number of nitrogens with zero attached hydrogens (tertiary/aromatic N) is 1. The van der Waals surface area contributed by atoms with E-state index in [0.717, 1.165) is 43.5 Å². The number of hydrogen-bond donors (Lipinski definition) is 2. The number of nitrogens with one attached hydrogen (secondary N) is 2. The van der Waals surface area contributed by atoms with E-state index in [-0.39, 0.29) is 10.7 Å². The van der Waals surface area contributed by atoms with Gasteiger partial charge in [-0.3, -0.25) is 4.79 Å². The van der Waals surface area contributed by atoms with Gasteiger partial charge in [0, 0.05) is 35.1 Å². The fraction of sp³-hybridized carbons (Fsp3) is 0.706. The lowest BCUT2D eigenvalue weighted by atomic mass is 9.88. The van der Waals surface area contributed by atoms with Crippen molar-refractivity contribution in [3.8, 4) is 0 Å². The van der Waals surface area contributed by atoms with E-state index in [4.69, 9.17) is 17.0 Å². The molecule has 0 aliphatic rings. The topological polar surface area (TPSA) is 90.3 Å². The van der Waals surface area contributed by atoms with Gasteiger partial charge < -0.3 is 10.7 Å². The molecule has 4 unspecified atom stereocenters. The molecule has 6 nitrogen and oxygen atoms in total. The van der Waals surface area contributed by atoms with Crippen LogP contribution in [-0.4, -0.2) is 55.1 Å². The van der Waals surface area contributed by atoms with Crippen LogP contribution in [0.5, 0.6) is 0 Å². The Kier molecular flexibility index (Phi) is 25.6. The first kappa shape index (κ1) is 43.9. The first-order chi connectivity index (χ1) is 20.1. The van der Waals surface area contributed by atoms with Crippen LogP contribution in [0, 0.1) is 11.3 Å². The van der Waals surface area contributed by atoms with Crippen LogP contribution in [0.4, 0.5) is 0 Å². The fourth-order valence-electron chi connectivity index (χ4n) is 4.41. The Bertz CT molecular complexity index is 1050. The molecule has 0 saturated heterocycles. The number of hydrogen-bond acceptors (Lipinski definition) is 4. The molecule has 0 spiro atoms. The number of unbranched alkanes of at least 4 members (excludes halogenated alkanes) is 1. The van der Waals surface area contributed by atoms with Crippen LogP contribution in [0.15, 0.2) is 29.8 Å². The number of carbonyl (C=O) groups is 1. The van der Waals surface area contributed by atoms with Gasteiger partial charge in [0.15, 0.2) is 0 Å². The molecule has 0 saturated carbocycles. The van der Waals surface area contributed by atoms with Crippen molar-refractivity contribution in [3.63, 3.8) is 0 Å². The molecule has 4 atom stereocenters. The van der Waals surface area contributed by atoms with Gasteiger partial charge in [0.25, 0.3) is 0 Å². The second-order valence-electron chi connectivity index (χ2n) is 11.3. The van der Waals surface area contributed by atoms with Crippen LogP contribution in [0.25, 0.3) is 0 Å². The van der Waals surface area contributed by atoms with Crippen molar-refractivity contribution < 1.29 is 13.2 Å². The van der Waals surface area contributed by atoms with Crippen molar-refractivity contribution >= 4 is 49.7 Å². The van der Waals surface area contributed by atoms with E-state index in [2.05, 4.69) is 87.9 Å². The summed E-state index contributed by atoms with van der Waals surface area (Å²) in [5.41, 5.74) is 4.28. The van der Waals surface area contributed by atoms with Crippen molar-refractivity contribution in [2.75, 3.05) is 19.3 Å². The number of aryl methyl sites for hydroxylation is 1. The average Bonchev–Trinajstić information content (AvgIpc) is 2.95. The lowest BCUT2D eigenvalue weighted by molar-refractivity contribution is -0.125. The summed E-state index contributed by atoms with van der Waals surface area (Å²) in [6.07, 6.45) is 12.3. The van der Waals surface area contributed by atoms with Crippen molar-refractivity contribution in [1.82, 2.24) is 9.62 Å². The largest absolute Gasteiger partial charge is 0.355 e. The molecule has 43 heavy (non-hydrogen) atoms. The Morgan fingerprint density at radius 3 is 2.14 bits per heavy atom. The van der Waals surface area contributed by atoms with E-state index in [1.807, 2.05) is 19.9 Å². The van der Waals surface area contributed by atoms with Crippen LogP contribution in [0.2, 0.25) is 5.02 Å². The number of halogens is 2. The zero-order valence-corrected chi connectivity index (χ0v) is 31.8. The van der Waals surface area contributed by atoms with Gasteiger partial charge in [-0.15, -0.1) is 0 Å². The standard InChI is InChI=1S/C16H23Cl.C15H32N2O3S.C3H6BrN/c1-5-7-12(3)13(4)16-10-9-15(17)11-14(16)8-6-2;1-6-9-10-16-15(18)14(12-13(4)8-3)17(11-7-2)21(5,19)20;1-3(4)2-5/h7,9-11,13H,5-6,8H2,1-4H3;13-14H,6-12H2,1-5H3,(H,16,18);2-3,5H,1H3/b12-7+;;. The van der Waals surface area contributed by atoms with Crippen LogP contribution in [0.3, 0.4) is 0 Å². The zero-order chi connectivity index (χ0) is 33.6. The number of sulfonamides is 1. The molecule has 9 heteroatoms. The highest BCUT2D eigenvalue weighted by molar-refractivity contribution is 9.09. The Labute approximate surface area is 278 Å². The Hall–Kier alpha value is -1.22. The van der Waals surface area contributed by atoms with Gasteiger partial charge in [-0.1, -0.05) is 113 Å². The molecule has 2 N–H and O–H groups in total. The third-order valence-corrected chi connectivity index (χ3v) is 8.99. The smallest absolute Gasteiger partial charge is 0.238 e. The van der Waals surface area contributed by atoms with Gasteiger partial charge in [-0.05, 0) is 75.1 Å². The van der Waals surface area contributed by atoms with Gasteiger partial charge in [-0.2, -0.15) is 4.31 Å². The minimum absolute atomic E-state index is 0.164. The maximum Gasteiger partial charge on any atom is 0.238 e. The normalized spacial score (nSPS) is 14.4. The van der Waals surface area contributed by atoms with E-state index in [1.54, 1.807) is 0 Å².